The molecule has 0 bridgehead atoms. The van der Waals surface area contributed by atoms with Crippen LogP contribution in [-0.2, 0) is 9.59 Å². The Bertz CT molecular complexity index is 403. The monoisotopic (exact) mass is 249 g/mol. The van der Waals surface area contributed by atoms with E-state index in [9.17, 15) is 9.59 Å². The number of hydrogen-bond donors (Lipinski definition) is 2. The van der Waals surface area contributed by atoms with Gasteiger partial charge in [-0.1, -0.05) is 37.3 Å². The molecule has 0 radical (unpaired) electrons. The first kappa shape index (κ1) is 14.2. The minimum absolute atomic E-state index is 0.112. The number of benzene rings is 1. The van der Waals surface area contributed by atoms with Crippen LogP contribution in [0.2, 0.25) is 0 Å². The Hall–Kier alpha value is -1.84. The highest BCUT2D eigenvalue weighted by Crippen LogP contribution is 2.22. The van der Waals surface area contributed by atoms with E-state index in [-0.39, 0.29) is 5.91 Å². The molecule has 0 spiro atoms. The van der Waals surface area contributed by atoms with Crippen LogP contribution in [0.3, 0.4) is 0 Å². The second kappa shape index (κ2) is 6.79. The summed E-state index contributed by atoms with van der Waals surface area (Å²) in [4.78, 5) is 22.8. The van der Waals surface area contributed by atoms with E-state index in [0.717, 1.165) is 12.0 Å². The fourth-order valence-corrected chi connectivity index (χ4v) is 1.77. The number of carboxylic acid groups (broad SMARTS) is 1. The van der Waals surface area contributed by atoms with E-state index < -0.39 is 17.9 Å². The minimum Gasteiger partial charge on any atom is -0.481 e. The lowest BCUT2D eigenvalue weighted by atomic mass is 9.94. The number of rotatable bonds is 6. The lowest BCUT2D eigenvalue weighted by molar-refractivity contribution is -0.142. The molecule has 4 nitrogen and oxygen atoms in total. The number of carbonyl (C=O) groups is 2. The first-order valence-corrected chi connectivity index (χ1v) is 6.13. The molecule has 98 valence electrons. The minimum atomic E-state index is -0.916. The van der Waals surface area contributed by atoms with Crippen molar-refractivity contribution >= 4 is 11.9 Å². The molecule has 1 rings (SSSR count). The highest BCUT2D eigenvalue weighted by Gasteiger charge is 2.26. The van der Waals surface area contributed by atoms with Gasteiger partial charge in [0, 0.05) is 6.42 Å². The van der Waals surface area contributed by atoms with Crippen molar-refractivity contribution < 1.29 is 14.7 Å². The Morgan fingerprint density at radius 2 is 1.89 bits per heavy atom. The van der Waals surface area contributed by atoms with Crippen molar-refractivity contribution in [3.05, 3.63) is 35.9 Å². The molecule has 1 aromatic carbocycles. The van der Waals surface area contributed by atoms with Crippen molar-refractivity contribution in [2.75, 3.05) is 0 Å². The average molecular weight is 249 g/mol. The first-order chi connectivity index (χ1) is 8.56. The summed E-state index contributed by atoms with van der Waals surface area (Å²) in [6.45, 7) is 3.52. The van der Waals surface area contributed by atoms with Crippen molar-refractivity contribution in [2.45, 2.75) is 32.7 Å². The summed E-state index contributed by atoms with van der Waals surface area (Å²) in [6, 6.07) is 8.71. The quantitative estimate of drug-likeness (QED) is 0.813. The van der Waals surface area contributed by atoms with Crippen molar-refractivity contribution in [1.29, 1.82) is 0 Å². The fourth-order valence-electron chi connectivity index (χ4n) is 1.77. The zero-order valence-electron chi connectivity index (χ0n) is 10.7. The summed E-state index contributed by atoms with van der Waals surface area (Å²) in [7, 11) is 0. The zero-order chi connectivity index (χ0) is 13.5. The van der Waals surface area contributed by atoms with Gasteiger partial charge in [-0.2, -0.15) is 0 Å². The van der Waals surface area contributed by atoms with Crippen LogP contribution >= 0.6 is 0 Å². The van der Waals surface area contributed by atoms with E-state index in [1.807, 2.05) is 37.3 Å². The number of nitrogens with one attached hydrogen (secondary N) is 1. The van der Waals surface area contributed by atoms with Gasteiger partial charge in [-0.05, 0) is 18.9 Å². The molecule has 18 heavy (non-hydrogen) atoms. The third-order valence-corrected chi connectivity index (χ3v) is 2.84. The standard InChI is InChI=1S/C14H19NO3/c1-3-7-12(16)15-13(10(2)14(17)18)11-8-5-4-6-9-11/h4-6,8-10,13H,3,7H2,1-2H3,(H,15,16)(H,17,18). The van der Waals surface area contributed by atoms with Crippen LogP contribution in [-0.4, -0.2) is 17.0 Å². The van der Waals surface area contributed by atoms with Crippen LogP contribution in [0.15, 0.2) is 30.3 Å². The lowest BCUT2D eigenvalue weighted by Gasteiger charge is -2.22. The van der Waals surface area contributed by atoms with Crippen LogP contribution in [0.5, 0.6) is 0 Å². The van der Waals surface area contributed by atoms with Gasteiger partial charge in [0.1, 0.15) is 0 Å². The molecule has 2 N–H and O–H groups in total. The van der Waals surface area contributed by atoms with Crippen molar-refractivity contribution in [3.63, 3.8) is 0 Å². The molecule has 0 aliphatic carbocycles. The SMILES string of the molecule is CCCC(=O)NC(c1ccccc1)C(C)C(=O)O. The van der Waals surface area contributed by atoms with E-state index in [0.29, 0.717) is 6.42 Å². The number of amides is 1. The number of carbonyl (C=O) groups excluding carboxylic acids is 1. The van der Waals surface area contributed by atoms with E-state index in [1.165, 1.54) is 0 Å². The molecule has 2 unspecified atom stereocenters. The summed E-state index contributed by atoms with van der Waals surface area (Å²) in [5, 5.41) is 11.9. The molecule has 0 saturated heterocycles. The van der Waals surface area contributed by atoms with Gasteiger partial charge in [0.15, 0.2) is 0 Å². The third-order valence-electron chi connectivity index (χ3n) is 2.84. The number of carboxylic acids is 1. The lowest BCUT2D eigenvalue weighted by Crippen LogP contribution is -2.35. The highest BCUT2D eigenvalue weighted by atomic mass is 16.4. The zero-order valence-corrected chi connectivity index (χ0v) is 10.7. The first-order valence-electron chi connectivity index (χ1n) is 6.13. The van der Waals surface area contributed by atoms with Crippen LogP contribution in [0.25, 0.3) is 0 Å². The Kier molecular flexibility index (Phi) is 5.36. The molecular formula is C14H19NO3. The summed E-state index contributed by atoms with van der Waals surface area (Å²) in [5.41, 5.74) is 0.817. The predicted molar refractivity (Wildman–Crippen MR) is 69.0 cm³/mol. The second-order valence-electron chi connectivity index (χ2n) is 4.33. The van der Waals surface area contributed by atoms with Gasteiger partial charge in [-0.3, -0.25) is 9.59 Å². The van der Waals surface area contributed by atoms with Gasteiger partial charge in [-0.15, -0.1) is 0 Å². The summed E-state index contributed by atoms with van der Waals surface area (Å²) < 4.78 is 0. The maximum Gasteiger partial charge on any atom is 0.308 e. The highest BCUT2D eigenvalue weighted by molar-refractivity contribution is 5.78. The maximum absolute atomic E-state index is 11.6. The van der Waals surface area contributed by atoms with Gasteiger partial charge in [0.2, 0.25) is 5.91 Å². The van der Waals surface area contributed by atoms with Crippen LogP contribution in [0, 0.1) is 5.92 Å². The molecule has 0 heterocycles. The average Bonchev–Trinajstić information content (AvgIpc) is 2.36. The van der Waals surface area contributed by atoms with Gasteiger partial charge in [0.25, 0.3) is 0 Å². The summed E-state index contributed by atoms with van der Waals surface area (Å²) in [6.07, 6.45) is 1.16. The van der Waals surface area contributed by atoms with E-state index >= 15 is 0 Å². The molecular weight excluding hydrogens is 230 g/mol. The molecule has 2 atom stereocenters. The topological polar surface area (TPSA) is 66.4 Å². The van der Waals surface area contributed by atoms with Crippen LogP contribution in [0.1, 0.15) is 38.3 Å². The van der Waals surface area contributed by atoms with Gasteiger partial charge in [0.05, 0.1) is 12.0 Å². The third kappa shape index (κ3) is 3.87. The van der Waals surface area contributed by atoms with Gasteiger partial charge >= 0.3 is 5.97 Å². The molecule has 0 saturated carbocycles. The van der Waals surface area contributed by atoms with Gasteiger partial charge < -0.3 is 10.4 Å². The molecule has 1 aromatic rings. The van der Waals surface area contributed by atoms with Crippen LogP contribution in [0.4, 0.5) is 0 Å². The van der Waals surface area contributed by atoms with Crippen molar-refractivity contribution in [1.82, 2.24) is 5.32 Å². The van der Waals surface area contributed by atoms with E-state index in [2.05, 4.69) is 5.32 Å². The van der Waals surface area contributed by atoms with Crippen LogP contribution < -0.4 is 5.32 Å². The largest absolute Gasteiger partial charge is 0.481 e. The molecule has 0 aliphatic rings. The van der Waals surface area contributed by atoms with Crippen molar-refractivity contribution in [2.24, 2.45) is 5.92 Å². The molecule has 0 fully saturated rings. The molecule has 0 aromatic heterocycles. The van der Waals surface area contributed by atoms with E-state index in [4.69, 9.17) is 5.11 Å². The van der Waals surface area contributed by atoms with Crippen molar-refractivity contribution in [3.8, 4) is 0 Å². The Balaban J connectivity index is 2.89. The Labute approximate surface area is 107 Å². The molecule has 1 amide bonds. The number of hydrogen-bond acceptors (Lipinski definition) is 2. The number of aliphatic carboxylic acids is 1. The Morgan fingerprint density at radius 3 is 2.39 bits per heavy atom. The smallest absolute Gasteiger partial charge is 0.308 e. The fraction of sp³-hybridized carbons (Fsp3) is 0.429. The maximum atomic E-state index is 11.6. The second-order valence-corrected chi connectivity index (χ2v) is 4.33. The normalized spacial score (nSPS) is 13.7. The predicted octanol–water partition coefficient (Wildman–Crippen LogP) is 2.36. The summed E-state index contributed by atoms with van der Waals surface area (Å²) >= 11 is 0. The molecule has 0 aliphatic heterocycles. The molecule has 4 heteroatoms. The summed E-state index contributed by atoms with van der Waals surface area (Å²) in [5.74, 6) is -1.69. The van der Waals surface area contributed by atoms with E-state index in [1.54, 1.807) is 6.92 Å². The Morgan fingerprint density at radius 1 is 1.28 bits per heavy atom. The van der Waals surface area contributed by atoms with Gasteiger partial charge in [-0.25, -0.2) is 0 Å².